The van der Waals surface area contributed by atoms with Crippen molar-refractivity contribution in [2.24, 2.45) is 16.4 Å². The molecular weight excluding hydrogens is 332 g/mol. The van der Waals surface area contributed by atoms with Gasteiger partial charge in [-0.3, -0.25) is 14.4 Å². The molecule has 148 valence electrons. The monoisotopic (exact) mass is 366 g/mol. The molecule has 1 fully saturated rings. The molecule has 1 atom stereocenters. The van der Waals surface area contributed by atoms with E-state index in [4.69, 9.17) is 0 Å². The predicted octanol–water partition coefficient (Wildman–Crippen LogP) is 2.07. The van der Waals surface area contributed by atoms with Crippen molar-refractivity contribution < 1.29 is 14.4 Å². The maximum atomic E-state index is 12.6. The van der Waals surface area contributed by atoms with Gasteiger partial charge < -0.3 is 10.2 Å². The number of hydrogen-bond donors (Lipinski definition) is 2. The second-order valence-corrected chi connectivity index (χ2v) is 8.67. The van der Waals surface area contributed by atoms with E-state index in [1.807, 2.05) is 48.5 Å². The van der Waals surface area contributed by atoms with Crippen molar-refractivity contribution in [3.63, 3.8) is 0 Å². The summed E-state index contributed by atoms with van der Waals surface area (Å²) in [4.78, 5) is 39.0. The largest absolute Gasteiger partial charge is 0.349 e. The highest BCUT2D eigenvalue weighted by atomic mass is 16.2. The molecule has 3 amide bonds. The summed E-state index contributed by atoms with van der Waals surface area (Å²) in [7, 11) is 0. The highest BCUT2D eigenvalue weighted by Crippen LogP contribution is 2.25. The summed E-state index contributed by atoms with van der Waals surface area (Å²) < 4.78 is 0. The van der Waals surface area contributed by atoms with Crippen LogP contribution in [0.4, 0.5) is 0 Å². The summed E-state index contributed by atoms with van der Waals surface area (Å²) in [6, 6.07) is -0.538. The Morgan fingerprint density at radius 3 is 2.27 bits per heavy atom. The molecular formula is C19H34N4O3. The lowest BCUT2D eigenvalue weighted by Crippen LogP contribution is -2.48. The summed E-state index contributed by atoms with van der Waals surface area (Å²) in [5, 5.41) is 6.89. The summed E-state index contributed by atoms with van der Waals surface area (Å²) in [5.41, 5.74) is 2.28. The molecule has 0 unspecified atom stereocenters. The first-order valence-corrected chi connectivity index (χ1v) is 9.41. The van der Waals surface area contributed by atoms with Gasteiger partial charge in [-0.1, -0.05) is 34.6 Å². The van der Waals surface area contributed by atoms with Crippen LogP contribution >= 0.6 is 0 Å². The number of hydrazone groups is 1. The van der Waals surface area contributed by atoms with Crippen LogP contribution in [0, 0.1) is 11.3 Å². The molecule has 0 radical (unpaired) electrons. The van der Waals surface area contributed by atoms with E-state index in [1.165, 1.54) is 0 Å². The predicted molar refractivity (Wildman–Crippen MR) is 103 cm³/mol. The highest BCUT2D eigenvalue weighted by Gasteiger charge is 2.38. The molecule has 0 spiro atoms. The number of hydrogen-bond acceptors (Lipinski definition) is 4. The average Bonchev–Trinajstić information content (AvgIpc) is 2.97. The van der Waals surface area contributed by atoms with Gasteiger partial charge in [-0.2, -0.15) is 5.10 Å². The molecule has 26 heavy (non-hydrogen) atoms. The lowest BCUT2D eigenvalue weighted by Gasteiger charge is -2.29. The number of carbonyl (C=O) groups is 3. The summed E-state index contributed by atoms with van der Waals surface area (Å²) in [5.74, 6) is -0.421. The lowest BCUT2D eigenvalue weighted by molar-refractivity contribution is -0.144. The van der Waals surface area contributed by atoms with Gasteiger partial charge >= 0.3 is 0 Å². The molecule has 0 bridgehead atoms. The van der Waals surface area contributed by atoms with Crippen LogP contribution < -0.4 is 10.7 Å². The van der Waals surface area contributed by atoms with Crippen LogP contribution in [0.3, 0.4) is 0 Å². The van der Waals surface area contributed by atoms with Gasteiger partial charge in [0, 0.05) is 18.0 Å². The number of rotatable bonds is 6. The Balaban J connectivity index is 2.86. The maximum absolute atomic E-state index is 12.6. The van der Waals surface area contributed by atoms with Crippen LogP contribution in [0.5, 0.6) is 0 Å². The van der Waals surface area contributed by atoms with E-state index >= 15 is 0 Å². The molecule has 2 N–H and O–H groups in total. The maximum Gasteiger partial charge on any atom is 0.267 e. The Kier molecular flexibility index (Phi) is 7.78. The Labute approximate surface area is 157 Å². The molecule has 1 aliphatic rings. The zero-order chi connectivity index (χ0) is 20.1. The first-order valence-electron chi connectivity index (χ1n) is 9.41. The molecule has 1 rings (SSSR count). The molecule has 0 saturated carbocycles. The topological polar surface area (TPSA) is 90.9 Å². The first kappa shape index (κ1) is 22.1. The summed E-state index contributed by atoms with van der Waals surface area (Å²) >= 11 is 0. The van der Waals surface area contributed by atoms with Gasteiger partial charge in [0.05, 0.1) is 0 Å². The second kappa shape index (κ2) is 9.14. The van der Waals surface area contributed by atoms with E-state index in [-0.39, 0.29) is 29.7 Å². The number of carbonyl (C=O) groups excluding carboxylic acids is 3. The van der Waals surface area contributed by atoms with E-state index in [0.717, 1.165) is 6.42 Å². The van der Waals surface area contributed by atoms with Gasteiger partial charge in [-0.15, -0.1) is 0 Å². The van der Waals surface area contributed by atoms with Crippen molar-refractivity contribution in [1.29, 1.82) is 0 Å². The van der Waals surface area contributed by atoms with Gasteiger partial charge in [0.1, 0.15) is 11.8 Å². The minimum Gasteiger partial charge on any atom is -0.349 e. The number of nitrogens with one attached hydrogen (secondary N) is 2. The SMILES string of the molecule is CC(C)C/C(=N\NC(=O)[C@@H]1CCCN1C(=O)C(C)(C)C)C(=O)NC(C)C. The van der Waals surface area contributed by atoms with Gasteiger partial charge in [-0.25, -0.2) is 5.43 Å². The summed E-state index contributed by atoms with van der Waals surface area (Å²) in [6.45, 7) is 13.8. The minimum absolute atomic E-state index is 0.00899. The number of amides is 3. The van der Waals surface area contributed by atoms with Gasteiger partial charge in [-0.05, 0) is 39.0 Å². The fourth-order valence-electron chi connectivity index (χ4n) is 2.83. The van der Waals surface area contributed by atoms with E-state index in [0.29, 0.717) is 25.1 Å². The molecule has 0 aromatic heterocycles. The van der Waals surface area contributed by atoms with Crippen LogP contribution in [0.15, 0.2) is 5.10 Å². The van der Waals surface area contributed by atoms with Crippen molar-refractivity contribution in [1.82, 2.24) is 15.6 Å². The molecule has 1 heterocycles. The fourth-order valence-corrected chi connectivity index (χ4v) is 2.83. The zero-order valence-electron chi connectivity index (χ0n) is 17.2. The van der Waals surface area contributed by atoms with Crippen molar-refractivity contribution in [3.05, 3.63) is 0 Å². The third-order valence-electron chi connectivity index (χ3n) is 4.04. The first-order chi connectivity index (χ1) is 11.9. The third-order valence-corrected chi connectivity index (χ3v) is 4.04. The summed E-state index contributed by atoms with van der Waals surface area (Å²) in [6.07, 6.45) is 1.87. The van der Waals surface area contributed by atoms with Crippen molar-refractivity contribution >= 4 is 23.4 Å². The molecule has 1 saturated heterocycles. The number of nitrogens with zero attached hydrogens (tertiary/aromatic N) is 2. The van der Waals surface area contributed by atoms with Crippen LogP contribution in [0.2, 0.25) is 0 Å². The Morgan fingerprint density at radius 2 is 1.77 bits per heavy atom. The van der Waals surface area contributed by atoms with E-state index in [1.54, 1.807) is 4.90 Å². The third kappa shape index (κ3) is 6.42. The Hall–Kier alpha value is -1.92. The quantitative estimate of drug-likeness (QED) is 0.557. The van der Waals surface area contributed by atoms with Gasteiger partial charge in [0.15, 0.2) is 0 Å². The van der Waals surface area contributed by atoms with Crippen molar-refractivity contribution in [2.45, 2.75) is 79.8 Å². The average molecular weight is 367 g/mol. The standard InChI is InChI=1S/C19H34N4O3/c1-12(2)11-14(16(24)20-13(3)4)21-22-17(25)15-9-8-10-23(15)18(26)19(5,6)7/h12-13,15H,8-11H2,1-7H3,(H,20,24)(H,22,25)/b21-14+/t15-/m0/s1. The van der Waals surface area contributed by atoms with Crippen LogP contribution in [-0.2, 0) is 14.4 Å². The Morgan fingerprint density at radius 1 is 1.15 bits per heavy atom. The van der Waals surface area contributed by atoms with Crippen molar-refractivity contribution in [2.75, 3.05) is 6.54 Å². The van der Waals surface area contributed by atoms with Gasteiger partial charge in [0.25, 0.3) is 11.8 Å². The van der Waals surface area contributed by atoms with Gasteiger partial charge in [0.2, 0.25) is 5.91 Å². The second-order valence-electron chi connectivity index (χ2n) is 8.67. The molecule has 0 aromatic rings. The Bertz CT molecular complexity index is 562. The molecule has 7 nitrogen and oxygen atoms in total. The smallest absolute Gasteiger partial charge is 0.267 e. The van der Waals surface area contributed by atoms with Crippen molar-refractivity contribution in [3.8, 4) is 0 Å². The van der Waals surface area contributed by atoms with Crippen LogP contribution in [-0.4, -0.2) is 47.0 Å². The minimum atomic E-state index is -0.536. The van der Waals surface area contributed by atoms with Crippen LogP contribution in [0.25, 0.3) is 0 Å². The van der Waals surface area contributed by atoms with E-state index in [9.17, 15) is 14.4 Å². The van der Waals surface area contributed by atoms with E-state index in [2.05, 4.69) is 15.8 Å². The molecule has 1 aliphatic heterocycles. The fraction of sp³-hybridized carbons (Fsp3) is 0.789. The number of likely N-dealkylation sites (tertiary alicyclic amines) is 1. The normalized spacial score (nSPS) is 18.4. The lowest BCUT2D eigenvalue weighted by atomic mass is 9.94. The molecule has 0 aromatic carbocycles. The van der Waals surface area contributed by atoms with E-state index < -0.39 is 11.5 Å². The van der Waals surface area contributed by atoms with Crippen LogP contribution in [0.1, 0.15) is 67.7 Å². The highest BCUT2D eigenvalue weighted by molar-refractivity contribution is 6.39. The molecule has 7 heteroatoms. The zero-order valence-corrected chi connectivity index (χ0v) is 17.2. The molecule has 0 aliphatic carbocycles.